The van der Waals surface area contributed by atoms with Crippen LogP contribution in [0.15, 0.2) is 40.9 Å². The Labute approximate surface area is 226 Å². The molecule has 1 saturated carbocycles. The van der Waals surface area contributed by atoms with Crippen LogP contribution in [0.25, 0.3) is 22.8 Å². The molecule has 2 atom stereocenters. The van der Waals surface area contributed by atoms with E-state index in [4.69, 9.17) is 9.26 Å². The van der Waals surface area contributed by atoms with E-state index in [0.717, 1.165) is 50.6 Å². The average molecular weight is 538 g/mol. The van der Waals surface area contributed by atoms with Crippen LogP contribution in [-0.2, 0) is 17.6 Å². The van der Waals surface area contributed by atoms with Gasteiger partial charge in [0.05, 0.1) is 17.1 Å². The average Bonchev–Trinajstić information content (AvgIpc) is 3.44. The van der Waals surface area contributed by atoms with Crippen LogP contribution in [0, 0.1) is 11.3 Å². The molecule has 2 unspecified atom stereocenters. The van der Waals surface area contributed by atoms with Crippen molar-refractivity contribution in [2.45, 2.75) is 70.9 Å². The largest absolute Gasteiger partial charge is 0.491 e. The highest BCUT2D eigenvalue weighted by Gasteiger charge is 2.53. The third kappa shape index (κ3) is 4.93. The van der Waals surface area contributed by atoms with Crippen molar-refractivity contribution >= 4 is 5.97 Å². The molecule has 0 bridgehead atoms. The molecule has 3 aromatic rings. The molecule has 206 valence electrons. The summed E-state index contributed by atoms with van der Waals surface area (Å²) in [6.45, 7) is 5.17. The van der Waals surface area contributed by atoms with Crippen molar-refractivity contribution in [3.8, 4) is 28.6 Å². The summed E-state index contributed by atoms with van der Waals surface area (Å²) in [7, 11) is 0. The molecule has 2 aliphatic carbocycles. The normalized spacial score (nSPS) is 22.0. The first-order chi connectivity index (χ1) is 18.7. The van der Waals surface area contributed by atoms with Crippen LogP contribution in [0.1, 0.15) is 62.6 Å². The third-order valence-electron chi connectivity index (χ3n) is 8.60. The number of ether oxygens (including phenoxy) is 1. The number of hydrogen-bond donors (Lipinski definition) is 1. The zero-order valence-electron chi connectivity index (χ0n) is 22.2. The van der Waals surface area contributed by atoms with Crippen molar-refractivity contribution < 1.29 is 27.9 Å². The lowest BCUT2D eigenvalue weighted by molar-refractivity contribution is -0.144. The second-order valence-electron chi connectivity index (χ2n) is 11.5. The van der Waals surface area contributed by atoms with Crippen molar-refractivity contribution in [2.24, 2.45) is 11.3 Å². The number of halogens is 2. The summed E-state index contributed by atoms with van der Waals surface area (Å²) in [6.07, 6.45) is 2.45. The van der Waals surface area contributed by atoms with Gasteiger partial charge in [-0.1, -0.05) is 23.4 Å². The van der Waals surface area contributed by atoms with Gasteiger partial charge in [0.1, 0.15) is 5.75 Å². The van der Waals surface area contributed by atoms with Gasteiger partial charge in [0.15, 0.2) is 0 Å². The van der Waals surface area contributed by atoms with Crippen LogP contribution in [0.5, 0.6) is 5.75 Å². The maximum Gasteiger partial charge on any atom is 0.310 e. The molecule has 2 fully saturated rings. The number of rotatable bonds is 8. The molecule has 39 heavy (non-hydrogen) atoms. The van der Waals surface area contributed by atoms with Crippen LogP contribution >= 0.6 is 0 Å². The zero-order valence-corrected chi connectivity index (χ0v) is 22.2. The monoisotopic (exact) mass is 537 g/mol. The lowest BCUT2D eigenvalue weighted by atomic mass is 9.94. The molecule has 3 aliphatic rings. The van der Waals surface area contributed by atoms with E-state index in [2.05, 4.69) is 21.1 Å². The van der Waals surface area contributed by atoms with E-state index in [1.807, 2.05) is 12.1 Å². The van der Waals surface area contributed by atoms with E-state index in [1.165, 1.54) is 23.3 Å². The van der Waals surface area contributed by atoms with Gasteiger partial charge in [-0.05, 0) is 94.2 Å². The van der Waals surface area contributed by atoms with Gasteiger partial charge in [-0.25, -0.2) is 8.78 Å². The first-order valence-corrected chi connectivity index (χ1v) is 13.8. The Bertz CT molecular complexity index is 1380. The Morgan fingerprint density at radius 1 is 1.23 bits per heavy atom. The van der Waals surface area contributed by atoms with Gasteiger partial charge in [-0.15, -0.1) is 0 Å². The van der Waals surface area contributed by atoms with Gasteiger partial charge < -0.3 is 14.4 Å². The van der Waals surface area contributed by atoms with E-state index in [1.54, 1.807) is 19.9 Å². The van der Waals surface area contributed by atoms with Gasteiger partial charge in [-0.2, -0.15) is 4.98 Å². The highest BCUT2D eigenvalue weighted by Crippen LogP contribution is 2.49. The molecule has 1 aliphatic heterocycles. The minimum absolute atomic E-state index is 0.146. The number of benzene rings is 2. The summed E-state index contributed by atoms with van der Waals surface area (Å²) < 4.78 is 38.6. The van der Waals surface area contributed by atoms with Gasteiger partial charge in [0, 0.05) is 23.7 Å². The summed E-state index contributed by atoms with van der Waals surface area (Å²) in [4.78, 5) is 18.8. The van der Waals surface area contributed by atoms with Gasteiger partial charge >= 0.3 is 5.97 Å². The van der Waals surface area contributed by atoms with Crippen molar-refractivity contribution in [3.05, 3.63) is 53.1 Å². The standard InChI is InChI=1S/C30H33F2N3O4/c1-17(2)38-25-9-7-20(14-23(25)26(31)32)28-33-27(34-39-28)22-5-3-4-19-15-24-18(6-8-21(19)22)10-13-35(24)16-30(11-12-30)29(36)37/h3-5,7,9,14,17-18,24,26H,6,8,10-13,15-16H2,1-2H3,(H,36,37). The van der Waals surface area contributed by atoms with Gasteiger partial charge in [-0.3, -0.25) is 9.69 Å². The number of carboxylic acid groups (broad SMARTS) is 1. The Morgan fingerprint density at radius 2 is 2.05 bits per heavy atom. The fourth-order valence-electron chi connectivity index (χ4n) is 6.35. The Balaban J connectivity index is 1.26. The fourth-order valence-corrected chi connectivity index (χ4v) is 6.35. The summed E-state index contributed by atoms with van der Waals surface area (Å²) in [5.74, 6) is 0.621. The molecule has 9 heteroatoms. The zero-order chi connectivity index (χ0) is 27.3. The van der Waals surface area contributed by atoms with E-state index in [9.17, 15) is 18.7 Å². The van der Waals surface area contributed by atoms with Gasteiger partial charge in [0.25, 0.3) is 12.3 Å². The van der Waals surface area contributed by atoms with E-state index < -0.39 is 17.8 Å². The number of hydrogen-bond acceptors (Lipinski definition) is 6. The summed E-state index contributed by atoms with van der Waals surface area (Å²) in [5.41, 5.74) is 2.96. The summed E-state index contributed by atoms with van der Waals surface area (Å²) >= 11 is 0. The second-order valence-corrected chi connectivity index (χ2v) is 11.5. The fraction of sp³-hybridized carbons (Fsp3) is 0.500. The molecule has 0 radical (unpaired) electrons. The molecular weight excluding hydrogens is 504 g/mol. The number of nitrogens with zero attached hydrogens (tertiary/aromatic N) is 3. The number of aromatic nitrogens is 2. The number of carbonyl (C=O) groups is 1. The van der Waals surface area contributed by atoms with Crippen molar-refractivity contribution in [1.29, 1.82) is 0 Å². The predicted molar refractivity (Wildman–Crippen MR) is 141 cm³/mol. The Kier molecular flexibility index (Phi) is 6.65. The molecule has 6 rings (SSSR count). The number of aliphatic carboxylic acids is 1. The molecular formula is C30H33F2N3O4. The summed E-state index contributed by atoms with van der Waals surface area (Å²) in [5, 5.41) is 13.9. The maximum atomic E-state index is 13.8. The van der Waals surface area contributed by atoms with Crippen LogP contribution in [-0.4, -0.2) is 51.4 Å². The minimum atomic E-state index is -2.70. The van der Waals surface area contributed by atoms with E-state index >= 15 is 0 Å². The molecule has 0 spiro atoms. The van der Waals surface area contributed by atoms with Crippen LogP contribution < -0.4 is 4.74 Å². The summed E-state index contributed by atoms with van der Waals surface area (Å²) in [6, 6.07) is 11.0. The molecule has 0 amide bonds. The highest BCUT2D eigenvalue weighted by molar-refractivity contribution is 5.78. The first kappa shape index (κ1) is 25.9. The predicted octanol–water partition coefficient (Wildman–Crippen LogP) is 6.17. The molecule has 2 aromatic carbocycles. The Morgan fingerprint density at radius 3 is 2.77 bits per heavy atom. The molecule has 1 N–H and O–H groups in total. The topological polar surface area (TPSA) is 88.7 Å². The minimum Gasteiger partial charge on any atom is -0.491 e. The third-order valence-corrected chi connectivity index (χ3v) is 8.60. The van der Waals surface area contributed by atoms with E-state index in [0.29, 0.717) is 29.9 Å². The highest BCUT2D eigenvalue weighted by atomic mass is 19.3. The van der Waals surface area contributed by atoms with Crippen molar-refractivity contribution in [2.75, 3.05) is 13.1 Å². The number of carboxylic acids is 1. The van der Waals surface area contributed by atoms with Gasteiger partial charge in [0.2, 0.25) is 5.82 Å². The lowest BCUT2D eigenvalue weighted by Crippen LogP contribution is -2.40. The van der Waals surface area contributed by atoms with Crippen LogP contribution in [0.3, 0.4) is 0 Å². The number of alkyl halides is 2. The number of likely N-dealkylation sites (tertiary alicyclic amines) is 1. The molecule has 1 saturated heterocycles. The first-order valence-electron chi connectivity index (χ1n) is 13.8. The SMILES string of the molecule is CC(C)Oc1ccc(-c2nc(-c3cccc4c3CCC3CCN(CC5(C(=O)O)CC5)C3C4)no2)cc1C(F)F. The van der Waals surface area contributed by atoms with Crippen molar-refractivity contribution in [1.82, 2.24) is 15.0 Å². The number of fused-ring (bicyclic) bond motifs is 2. The van der Waals surface area contributed by atoms with E-state index in [-0.39, 0.29) is 23.3 Å². The van der Waals surface area contributed by atoms with Crippen LogP contribution in [0.4, 0.5) is 8.78 Å². The maximum absolute atomic E-state index is 13.8. The molecule has 1 aromatic heterocycles. The quantitative estimate of drug-likeness (QED) is 0.367. The smallest absolute Gasteiger partial charge is 0.310 e. The lowest BCUT2D eigenvalue weighted by Gasteiger charge is -2.29. The molecule has 2 heterocycles. The van der Waals surface area contributed by atoms with Crippen LogP contribution in [0.2, 0.25) is 0 Å². The Hall–Kier alpha value is -3.33. The van der Waals surface area contributed by atoms with Crippen molar-refractivity contribution in [3.63, 3.8) is 0 Å². The second kappa shape index (κ2) is 10.0. The molecule has 7 nitrogen and oxygen atoms in total.